The molecule has 2 heterocycles. The van der Waals surface area contributed by atoms with Gasteiger partial charge in [0.2, 0.25) is 5.95 Å². The molecule has 0 spiro atoms. The van der Waals surface area contributed by atoms with Crippen LogP contribution in [0.1, 0.15) is 16.8 Å². The van der Waals surface area contributed by atoms with E-state index < -0.39 is 6.09 Å². The molecule has 1 aromatic carbocycles. The molecule has 0 fully saturated rings. The number of amides is 1. The summed E-state index contributed by atoms with van der Waals surface area (Å²) in [4.78, 5) is 15.8. The number of aryl methyl sites for hydroxylation is 2. The van der Waals surface area contributed by atoms with Crippen LogP contribution in [0.4, 0.5) is 20.6 Å². The number of hydrogen-bond donors (Lipinski definition) is 2. The minimum Gasteiger partial charge on any atom is -0.453 e. The molecule has 0 unspecified atom stereocenters. The summed E-state index contributed by atoms with van der Waals surface area (Å²) in [5.41, 5.74) is 4.17. The van der Waals surface area contributed by atoms with Crippen molar-refractivity contribution in [2.75, 3.05) is 17.7 Å². The van der Waals surface area contributed by atoms with E-state index in [0.717, 1.165) is 11.1 Å². The zero-order valence-corrected chi connectivity index (χ0v) is 14.3. The second-order valence-electron chi connectivity index (χ2n) is 5.67. The van der Waals surface area contributed by atoms with Crippen LogP contribution in [0, 0.1) is 19.8 Å². The van der Waals surface area contributed by atoms with Crippen LogP contribution in [0.5, 0.6) is 0 Å². The smallest absolute Gasteiger partial charge is 0.411 e. The highest BCUT2D eigenvalue weighted by Crippen LogP contribution is 2.24. The normalized spacial score (nSPS) is 10.7. The quantitative estimate of drug-likeness (QED) is 0.755. The summed E-state index contributed by atoms with van der Waals surface area (Å²) in [6, 6.07) is 9.22. The molecule has 0 saturated carbocycles. The molecule has 0 atom stereocenters. The number of benzene rings is 1. The second kappa shape index (κ2) is 6.80. The van der Waals surface area contributed by atoms with Gasteiger partial charge in [-0.05, 0) is 43.2 Å². The van der Waals surface area contributed by atoms with Gasteiger partial charge in [0.1, 0.15) is 0 Å². The number of imidazole rings is 1. The molecule has 3 rings (SSSR count). The first-order valence-corrected chi connectivity index (χ1v) is 7.81. The molecule has 3 aromatic rings. The number of aromatic nitrogens is 2. The lowest BCUT2D eigenvalue weighted by Crippen LogP contribution is -2.14. The molecule has 0 saturated heterocycles. The van der Waals surface area contributed by atoms with E-state index in [2.05, 4.69) is 20.4 Å². The predicted octanol–water partition coefficient (Wildman–Crippen LogP) is 3.88. The summed E-state index contributed by atoms with van der Waals surface area (Å²) < 4.78 is 20.1. The molecule has 25 heavy (non-hydrogen) atoms. The van der Waals surface area contributed by atoms with Crippen molar-refractivity contribution in [3.63, 3.8) is 0 Å². The number of carbonyl (C=O) groups excluding carboxylic acids is 1. The largest absolute Gasteiger partial charge is 0.453 e. The minimum absolute atomic E-state index is 0.346. The Labute approximate surface area is 144 Å². The molecule has 0 aliphatic rings. The lowest BCUT2D eigenvalue weighted by Gasteiger charge is -2.15. The highest BCUT2D eigenvalue weighted by Gasteiger charge is 2.13. The van der Waals surface area contributed by atoms with Crippen molar-refractivity contribution in [3.8, 4) is 0 Å². The van der Waals surface area contributed by atoms with E-state index in [-0.39, 0.29) is 5.95 Å². The molecule has 1 amide bonds. The number of fused-ring (bicyclic) bond motifs is 1. The molecule has 130 valence electrons. The van der Waals surface area contributed by atoms with Crippen LogP contribution >= 0.6 is 0 Å². The van der Waals surface area contributed by atoms with Crippen molar-refractivity contribution in [2.24, 2.45) is 0 Å². The van der Waals surface area contributed by atoms with E-state index in [0.29, 0.717) is 29.3 Å². The lowest BCUT2D eigenvalue weighted by molar-refractivity contribution is 0.187. The Morgan fingerprint density at radius 3 is 2.76 bits per heavy atom. The zero-order valence-electron chi connectivity index (χ0n) is 14.3. The zero-order chi connectivity index (χ0) is 18.0. The van der Waals surface area contributed by atoms with Gasteiger partial charge in [0.15, 0.2) is 5.65 Å². The second-order valence-corrected chi connectivity index (χ2v) is 5.67. The van der Waals surface area contributed by atoms with Crippen LogP contribution in [-0.2, 0) is 11.3 Å². The van der Waals surface area contributed by atoms with Gasteiger partial charge in [-0.2, -0.15) is 4.39 Å². The van der Waals surface area contributed by atoms with Gasteiger partial charge in [-0.3, -0.25) is 9.72 Å². The van der Waals surface area contributed by atoms with E-state index in [4.69, 9.17) is 0 Å². The third-order valence-corrected chi connectivity index (χ3v) is 4.04. The van der Waals surface area contributed by atoms with Crippen LogP contribution < -0.4 is 10.6 Å². The summed E-state index contributed by atoms with van der Waals surface area (Å²) in [6.07, 6.45) is 1.10. The average molecular weight is 342 g/mol. The van der Waals surface area contributed by atoms with Crippen molar-refractivity contribution in [1.29, 1.82) is 0 Å². The minimum atomic E-state index is -0.528. The Hall–Kier alpha value is -3.09. The number of ether oxygens (including phenoxy) is 1. The van der Waals surface area contributed by atoms with E-state index >= 15 is 0 Å². The van der Waals surface area contributed by atoms with Crippen molar-refractivity contribution in [1.82, 2.24) is 9.38 Å². The molecule has 0 aliphatic heterocycles. The summed E-state index contributed by atoms with van der Waals surface area (Å²) in [5.74, 6) is -0.373. The van der Waals surface area contributed by atoms with Crippen LogP contribution in [0.25, 0.3) is 5.65 Å². The van der Waals surface area contributed by atoms with Gasteiger partial charge in [-0.1, -0.05) is 12.1 Å². The number of rotatable bonds is 4. The van der Waals surface area contributed by atoms with Crippen LogP contribution in [-0.4, -0.2) is 22.6 Å². The first kappa shape index (κ1) is 16.8. The third kappa shape index (κ3) is 3.26. The van der Waals surface area contributed by atoms with Crippen molar-refractivity contribution < 1.29 is 13.9 Å². The van der Waals surface area contributed by atoms with Crippen LogP contribution in [0.3, 0.4) is 0 Å². The molecular formula is C18H19FN4O2. The summed E-state index contributed by atoms with van der Waals surface area (Å²) in [7, 11) is 1.32. The number of methoxy groups -OCH3 is 1. The van der Waals surface area contributed by atoms with Crippen molar-refractivity contribution in [3.05, 3.63) is 59.3 Å². The predicted molar refractivity (Wildman–Crippen MR) is 94.4 cm³/mol. The number of halogens is 1. The highest BCUT2D eigenvalue weighted by atomic mass is 19.1. The first-order valence-electron chi connectivity index (χ1n) is 7.81. The number of pyridine rings is 1. The number of carbonyl (C=O) groups is 1. The Morgan fingerprint density at radius 1 is 1.24 bits per heavy atom. The highest BCUT2D eigenvalue weighted by molar-refractivity contribution is 5.86. The van der Waals surface area contributed by atoms with E-state index in [1.165, 1.54) is 11.5 Å². The number of nitrogens with one attached hydrogen (secondary N) is 2. The van der Waals surface area contributed by atoms with Gasteiger partial charge < -0.3 is 10.1 Å². The maximum Gasteiger partial charge on any atom is 0.411 e. The standard InChI is InChI=1S/C18H19FN4O2/c1-11-6-4-7-14(22-18(24)25-3)13(11)10-20-15-8-5-9-23-16(19)12(2)21-17(15)23/h4-9,20H,10H2,1-3H3,(H,22,24). The van der Waals surface area contributed by atoms with Crippen LogP contribution in [0.15, 0.2) is 36.5 Å². The lowest BCUT2D eigenvalue weighted by atomic mass is 10.1. The van der Waals surface area contributed by atoms with Crippen molar-refractivity contribution >= 4 is 23.1 Å². The molecule has 6 nitrogen and oxygen atoms in total. The molecule has 0 aliphatic carbocycles. The summed E-state index contributed by atoms with van der Waals surface area (Å²) >= 11 is 0. The summed E-state index contributed by atoms with van der Waals surface area (Å²) in [5, 5.41) is 5.98. The van der Waals surface area contributed by atoms with Gasteiger partial charge in [0, 0.05) is 18.4 Å². The monoisotopic (exact) mass is 342 g/mol. The van der Waals surface area contributed by atoms with Gasteiger partial charge in [-0.25, -0.2) is 9.78 Å². The molecule has 7 heteroatoms. The van der Waals surface area contributed by atoms with Gasteiger partial charge in [0.25, 0.3) is 0 Å². The molecule has 2 aromatic heterocycles. The van der Waals surface area contributed by atoms with Gasteiger partial charge in [0.05, 0.1) is 18.5 Å². The Morgan fingerprint density at radius 2 is 2.00 bits per heavy atom. The Kier molecular flexibility index (Phi) is 4.56. The van der Waals surface area contributed by atoms with Gasteiger partial charge in [-0.15, -0.1) is 0 Å². The molecule has 0 radical (unpaired) electrons. The molecular weight excluding hydrogens is 323 g/mol. The number of anilines is 2. The third-order valence-electron chi connectivity index (χ3n) is 4.04. The summed E-state index contributed by atoms with van der Waals surface area (Å²) in [6.45, 7) is 4.03. The van der Waals surface area contributed by atoms with E-state index in [9.17, 15) is 9.18 Å². The fourth-order valence-electron chi connectivity index (χ4n) is 2.69. The number of nitrogens with zero attached hydrogens (tertiary/aromatic N) is 2. The molecule has 2 N–H and O–H groups in total. The first-order chi connectivity index (χ1) is 12.0. The van der Waals surface area contributed by atoms with Gasteiger partial charge >= 0.3 is 6.09 Å². The molecule has 0 bridgehead atoms. The average Bonchev–Trinajstić information content (AvgIpc) is 2.89. The number of hydrogen-bond acceptors (Lipinski definition) is 4. The Bertz CT molecular complexity index is 936. The van der Waals surface area contributed by atoms with E-state index in [1.807, 2.05) is 25.1 Å². The fourth-order valence-corrected chi connectivity index (χ4v) is 2.69. The van der Waals surface area contributed by atoms with Crippen molar-refractivity contribution in [2.45, 2.75) is 20.4 Å². The maximum absolute atomic E-state index is 14.0. The Balaban J connectivity index is 1.90. The maximum atomic E-state index is 14.0. The SMILES string of the molecule is COC(=O)Nc1cccc(C)c1CNc1cccn2c(F)c(C)nc12. The topological polar surface area (TPSA) is 67.7 Å². The van der Waals surface area contributed by atoms with E-state index in [1.54, 1.807) is 25.3 Å². The fraction of sp³-hybridized carbons (Fsp3) is 0.222. The van der Waals surface area contributed by atoms with Crippen LogP contribution in [0.2, 0.25) is 0 Å².